The highest BCUT2D eigenvalue weighted by Gasteiger charge is 2.60. The van der Waals surface area contributed by atoms with Crippen LogP contribution in [0.2, 0.25) is 5.02 Å². The van der Waals surface area contributed by atoms with Gasteiger partial charge in [0.05, 0.1) is 28.4 Å². The average molecular weight is 526 g/mol. The van der Waals surface area contributed by atoms with Crippen LogP contribution < -0.4 is 5.32 Å². The molecule has 2 heterocycles. The van der Waals surface area contributed by atoms with Gasteiger partial charge in [-0.1, -0.05) is 11.6 Å². The Morgan fingerprint density at radius 3 is 2.62 bits per heavy atom. The number of hydrogen-bond donors (Lipinski definition) is 1. The molecule has 2 unspecified atom stereocenters. The van der Waals surface area contributed by atoms with Gasteiger partial charge < -0.3 is 15.4 Å². The molecule has 0 saturated heterocycles. The lowest BCUT2D eigenvalue weighted by molar-refractivity contribution is -0.390. The van der Waals surface area contributed by atoms with Crippen molar-refractivity contribution in [2.75, 3.05) is 0 Å². The molecule has 32 heavy (non-hydrogen) atoms. The molecule has 6 rings (SSSR count). The second kappa shape index (κ2) is 7.83. The molecular formula is C21H26BrClN6O3. The number of halogens is 2. The molecule has 9 nitrogen and oxygen atoms in total. The van der Waals surface area contributed by atoms with Gasteiger partial charge in [0, 0.05) is 19.2 Å². The Morgan fingerprint density at radius 1 is 1.31 bits per heavy atom. The Balaban J connectivity index is 1.33. The monoisotopic (exact) mass is 524 g/mol. The molecule has 172 valence electrons. The van der Waals surface area contributed by atoms with Crippen LogP contribution in [-0.2, 0) is 23.4 Å². The molecule has 2 atom stereocenters. The van der Waals surface area contributed by atoms with Crippen LogP contribution in [0.25, 0.3) is 0 Å². The number of carbonyl (C=O) groups is 1. The topological polar surface area (TPSA) is 108 Å². The maximum absolute atomic E-state index is 13.0. The number of rotatable bonds is 7. The van der Waals surface area contributed by atoms with Crippen molar-refractivity contribution < 1.29 is 9.72 Å². The molecule has 4 aliphatic carbocycles. The lowest BCUT2D eigenvalue weighted by atomic mass is 9.46. The standard InChI is InChI=1S/C21H26BrClN6O3/c1-2-27-11-16(23)17(25-27)9-24-18(30)8-20-4-13-3-14(5-20)7-21(6-13,12-20)28-10-15(22)19(26-28)29(31)32/h10-11,13-14H,2-9,12H2,1H3,(H,24,30). The average Bonchev–Trinajstić information content (AvgIpc) is 3.28. The quantitative estimate of drug-likeness (QED) is 0.425. The number of carbonyl (C=O) groups excluding carboxylic acids is 1. The number of aryl methyl sites for hydroxylation is 1. The van der Waals surface area contributed by atoms with Gasteiger partial charge in [0.25, 0.3) is 0 Å². The summed E-state index contributed by atoms with van der Waals surface area (Å²) in [7, 11) is 0. The molecule has 4 aliphatic rings. The number of aromatic nitrogens is 4. The third-order valence-electron chi connectivity index (χ3n) is 7.56. The summed E-state index contributed by atoms with van der Waals surface area (Å²) in [6.07, 6.45) is 10.0. The van der Waals surface area contributed by atoms with Crippen LogP contribution >= 0.6 is 27.5 Å². The van der Waals surface area contributed by atoms with Crippen molar-refractivity contribution >= 4 is 39.3 Å². The van der Waals surface area contributed by atoms with Crippen LogP contribution in [0.1, 0.15) is 57.6 Å². The largest absolute Gasteiger partial charge is 0.404 e. The van der Waals surface area contributed by atoms with Crippen LogP contribution in [0, 0.1) is 27.4 Å². The summed E-state index contributed by atoms with van der Waals surface area (Å²) >= 11 is 9.53. The lowest BCUT2D eigenvalue weighted by Crippen LogP contribution is -2.57. The van der Waals surface area contributed by atoms with Gasteiger partial charge in [-0.15, -0.1) is 0 Å². The van der Waals surface area contributed by atoms with Gasteiger partial charge in [-0.3, -0.25) is 9.48 Å². The molecule has 2 aromatic rings. The molecule has 1 amide bonds. The summed E-state index contributed by atoms with van der Waals surface area (Å²) < 4.78 is 4.00. The SMILES string of the molecule is CCn1cc(Cl)c(CNC(=O)CC23CC4CC(C2)CC(n2cc(Br)c([N+](=O)[O-])n2)(C4)C3)n1. The predicted molar refractivity (Wildman–Crippen MR) is 121 cm³/mol. The molecule has 4 saturated carbocycles. The van der Waals surface area contributed by atoms with Gasteiger partial charge >= 0.3 is 5.82 Å². The summed E-state index contributed by atoms with van der Waals surface area (Å²) in [4.78, 5) is 23.9. The molecule has 4 bridgehead atoms. The molecule has 0 aromatic carbocycles. The first-order valence-corrected chi connectivity index (χ1v) is 12.3. The van der Waals surface area contributed by atoms with E-state index in [-0.39, 0.29) is 22.7 Å². The number of amides is 1. The van der Waals surface area contributed by atoms with E-state index in [1.807, 2.05) is 11.6 Å². The maximum atomic E-state index is 13.0. The first-order valence-electron chi connectivity index (χ1n) is 11.1. The fraction of sp³-hybridized carbons (Fsp3) is 0.667. The first-order chi connectivity index (χ1) is 15.2. The first kappa shape index (κ1) is 21.9. The van der Waals surface area contributed by atoms with Crippen LogP contribution in [0.15, 0.2) is 16.9 Å². The van der Waals surface area contributed by atoms with Crippen molar-refractivity contribution in [3.8, 4) is 0 Å². The van der Waals surface area contributed by atoms with E-state index in [4.69, 9.17) is 11.6 Å². The molecular weight excluding hydrogens is 500 g/mol. The van der Waals surface area contributed by atoms with Gasteiger partial charge in [-0.2, -0.15) is 9.78 Å². The molecule has 0 spiro atoms. The number of nitro groups is 1. The Morgan fingerprint density at radius 2 is 2.03 bits per heavy atom. The summed E-state index contributed by atoms with van der Waals surface area (Å²) in [5.41, 5.74) is 0.343. The number of nitrogens with zero attached hydrogens (tertiary/aromatic N) is 5. The highest BCUT2D eigenvalue weighted by atomic mass is 79.9. The van der Waals surface area contributed by atoms with E-state index in [9.17, 15) is 14.9 Å². The van der Waals surface area contributed by atoms with Crippen molar-refractivity contribution in [1.29, 1.82) is 0 Å². The summed E-state index contributed by atoms with van der Waals surface area (Å²) in [6.45, 7) is 3.03. The minimum absolute atomic E-state index is 0.0110. The Kier molecular flexibility index (Phi) is 5.35. The van der Waals surface area contributed by atoms with Gasteiger partial charge in [0.15, 0.2) is 0 Å². The van der Waals surface area contributed by atoms with Crippen molar-refractivity contribution in [2.45, 2.75) is 70.5 Å². The Bertz CT molecular complexity index is 1070. The minimum atomic E-state index is -0.449. The zero-order valence-corrected chi connectivity index (χ0v) is 20.2. The second-order valence-corrected chi connectivity index (χ2v) is 11.2. The van der Waals surface area contributed by atoms with Crippen molar-refractivity contribution in [1.82, 2.24) is 24.9 Å². The zero-order valence-electron chi connectivity index (χ0n) is 17.9. The number of hydrogen-bond acceptors (Lipinski definition) is 5. The third-order valence-corrected chi connectivity index (χ3v) is 8.44. The summed E-state index contributed by atoms with van der Waals surface area (Å²) in [5, 5.41) is 23.7. The van der Waals surface area contributed by atoms with Crippen LogP contribution in [0.4, 0.5) is 5.82 Å². The van der Waals surface area contributed by atoms with Crippen molar-refractivity contribution in [3.05, 3.63) is 37.7 Å². The molecule has 11 heteroatoms. The maximum Gasteiger partial charge on any atom is 0.404 e. The Labute approximate surface area is 199 Å². The highest BCUT2D eigenvalue weighted by molar-refractivity contribution is 9.10. The van der Waals surface area contributed by atoms with Gasteiger partial charge in [0.2, 0.25) is 5.91 Å². The van der Waals surface area contributed by atoms with Gasteiger partial charge in [-0.05, 0) is 83.6 Å². The van der Waals surface area contributed by atoms with E-state index < -0.39 is 4.92 Å². The molecule has 2 aromatic heterocycles. The predicted octanol–water partition coefficient (Wildman–Crippen LogP) is 4.43. The van der Waals surface area contributed by atoms with E-state index in [0.29, 0.717) is 40.0 Å². The van der Waals surface area contributed by atoms with Crippen molar-refractivity contribution in [2.24, 2.45) is 17.3 Å². The van der Waals surface area contributed by atoms with E-state index in [2.05, 4.69) is 31.4 Å². The summed E-state index contributed by atoms with van der Waals surface area (Å²) in [6, 6.07) is 0. The van der Waals surface area contributed by atoms with Crippen molar-refractivity contribution in [3.63, 3.8) is 0 Å². The van der Waals surface area contributed by atoms with E-state index in [1.165, 1.54) is 6.42 Å². The zero-order chi connectivity index (χ0) is 22.7. The van der Waals surface area contributed by atoms with E-state index in [0.717, 1.165) is 38.6 Å². The molecule has 0 radical (unpaired) electrons. The molecule has 0 aliphatic heterocycles. The van der Waals surface area contributed by atoms with Gasteiger partial charge in [0.1, 0.15) is 10.2 Å². The lowest BCUT2D eigenvalue weighted by Gasteiger charge is -2.61. The molecule has 4 fully saturated rings. The normalized spacial score (nSPS) is 30.6. The smallest absolute Gasteiger partial charge is 0.358 e. The summed E-state index contributed by atoms with van der Waals surface area (Å²) in [5.74, 6) is 0.925. The molecule has 1 N–H and O–H groups in total. The van der Waals surface area contributed by atoms with E-state index >= 15 is 0 Å². The number of nitrogens with one attached hydrogen (secondary N) is 1. The van der Waals surface area contributed by atoms with Crippen LogP contribution in [0.3, 0.4) is 0 Å². The van der Waals surface area contributed by atoms with Gasteiger partial charge in [-0.25, -0.2) is 0 Å². The van der Waals surface area contributed by atoms with Crippen LogP contribution in [-0.4, -0.2) is 30.4 Å². The fourth-order valence-corrected chi connectivity index (χ4v) is 7.53. The van der Waals surface area contributed by atoms with E-state index in [1.54, 1.807) is 17.1 Å². The highest BCUT2D eigenvalue weighted by Crippen LogP contribution is 2.65. The second-order valence-electron chi connectivity index (χ2n) is 9.92. The minimum Gasteiger partial charge on any atom is -0.358 e. The van der Waals surface area contributed by atoms with Crippen LogP contribution in [0.5, 0.6) is 0 Å². The third kappa shape index (κ3) is 3.75. The Hall–Kier alpha value is -1.94. The fourth-order valence-electron chi connectivity index (χ4n) is 6.89.